The molecule has 0 aromatic carbocycles. The van der Waals surface area contributed by atoms with Crippen LogP contribution >= 0.6 is 11.6 Å². The number of nitrogens with zero attached hydrogens (tertiary/aromatic N) is 2. The molecular formula is C12H17ClN4O. The summed E-state index contributed by atoms with van der Waals surface area (Å²) in [5, 5.41) is 7.61. The summed E-state index contributed by atoms with van der Waals surface area (Å²) < 4.78 is 4.75. The standard InChI is InChI=1S/C12H17ClN4O/c1-2-3-4-11-15-10(12(13)16-11)8-14-7-9-5-6-18-17-9/h5-6,14H,2-4,7-8H2,1H3,(H,15,16). The van der Waals surface area contributed by atoms with Crippen molar-refractivity contribution < 1.29 is 4.52 Å². The van der Waals surface area contributed by atoms with Gasteiger partial charge in [-0.2, -0.15) is 0 Å². The van der Waals surface area contributed by atoms with Crippen molar-refractivity contribution in [1.29, 1.82) is 0 Å². The highest BCUT2D eigenvalue weighted by molar-refractivity contribution is 6.30. The summed E-state index contributed by atoms with van der Waals surface area (Å²) in [5.41, 5.74) is 1.79. The Morgan fingerprint density at radius 1 is 1.44 bits per heavy atom. The second-order valence-corrected chi connectivity index (χ2v) is 4.51. The van der Waals surface area contributed by atoms with Gasteiger partial charge in [-0.1, -0.05) is 30.1 Å². The van der Waals surface area contributed by atoms with Crippen LogP contribution in [0.15, 0.2) is 16.9 Å². The molecule has 2 heterocycles. The quantitative estimate of drug-likeness (QED) is 0.810. The lowest BCUT2D eigenvalue weighted by Crippen LogP contribution is -2.13. The maximum absolute atomic E-state index is 6.07. The van der Waals surface area contributed by atoms with E-state index in [-0.39, 0.29) is 0 Å². The summed E-state index contributed by atoms with van der Waals surface area (Å²) in [4.78, 5) is 7.55. The molecule has 0 atom stereocenters. The van der Waals surface area contributed by atoms with Crippen molar-refractivity contribution in [3.63, 3.8) is 0 Å². The van der Waals surface area contributed by atoms with E-state index in [1.165, 1.54) is 0 Å². The Balaban J connectivity index is 1.83. The van der Waals surface area contributed by atoms with Gasteiger partial charge in [0.15, 0.2) is 5.15 Å². The molecule has 0 aliphatic carbocycles. The number of imidazole rings is 1. The monoisotopic (exact) mass is 268 g/mol. The summed E-state index contributed by atoms with van der Waals surface area (Å²) in [5.74, 6) is 0.958. The Kier molecular flexibility index (Phi) is 4.78. The second kappa shape index (κ2) is 6.56. The Labute approximate surface area is 111 Å². The third-order valence-electron chi connectivity index (χ3n) is 2.64. The predicted octanol–water partition coefficient (Wildman–Crippen LogP) is 2.68. The fourth-order valence-corrected chi connectivity index (χ4v) is 1.88. The molecule has 0 fully saturated rings. The number of aryl methyl sites for hydroxylation is 1. The molecule has 0 bridgehead atoms. The zero-order chi connectivity index (χ0) is 12.8. The van der Waals surface area contributed by atoms with Crippen LogP contribution in [-0.2, 0) is 19.5 Å². The van der Waals surface area contributed by atoms with Gasteiger partial charge in [0.05, 0.1) is 11.4 Å². The number of aromatic nitrogens is 3. The lowest BCUT2D eigenvalue weighted by molar-refractivity contribution is 0.408. The van der Waals surface area contributed by atoms with Crippen LogP contribution < -0.4 is 5.32 Å². The topological polar surface area (TPSA) is 66.7 Å². The Bertz CT molecular complexity index is 466. The lowest BCUT2D eigenvalue weighted by atomic mass is 10.2. The van der Waals surface area contributed by atoms with Crippen molar-refractivity contribution in [2.24, 2.45) is 0 Å². The van der Waals surface area contributed by atoms with Crippen molar-refractivity contribution in [2.75, 3.05) is 0 Å². The minimum Gasteiger partial charge on any atom is -0.364 e. The number of hydrogen-bond donors (Lipinski definition) is 2. The molecule has 6 heteroatoms. The molecule has 0 spiro atoms. The van der Waals surface area contributed by atoms with Crippen molar-refractivity contribution in [1.82, 2.24) is 20.4 Å². The molecule has 0 saturated carbocycles. The van der Waals surface area contributed by atoms with Crippen LogP contribution in [0.2, 0.25) is 5.15 Å². The van der Waals surface area contributed by atoms with Gasteiger partial charge in [-0.25, -0.2) is 4.98 Å². The van der Waals surface area contributed by atoms with Crippen LogP contribution in [0.1, 0.15) is 37.0 Å². The Morgan fingerprint density at radius 2 is 2.33 bits per heavy atom. The van der Waals surface area contributed by atoms with Crippen LogP contribution in [0.3, 0.4) is 0 Å². The molecule has 0 aliphatic rings. The van der Waals surface area contributed by atoms with Crippen molar-refractivity contribution >= 4 is 11.6 Å². The third kappa shape index (κ3) is 3.58. The number of unbranched alkanes of at least 4 members (excludes halogenated alkanes) is 1. The summed E-state index contributed by atoms with van der Waals surface area (Å²) in [6, 6.07) is 1.83. The number of nitrogens with one attached hydrogen (secondary N) is 2. The Morgan fingerprint density at radius 3 is 3.06 bits per heavy atom. The molecule has 0 radical (unpaired) electrons. The van der Waals surface area contributed by atoms with E-state index in [0.29, 0.717) is 18.2 Å². The molecule has 0 aliphatic heterocycles. The van der Waals surface area contributed by atoms with Crippen LogP contribution in [0.5, 0.6) is 0 Å². The first-order valence-electron chi connectivity index (χ1n) is 6.12. The van der Waals surface area contributed by atoms with E-state index >= 15 is 0 Å². The fraction of sp³-hybridized carbons (Fsp3) is 0.500. The summed E-state index contributed by atoms with van der Waals surface area (Å²) in [7, 11) is 0. The molecule has 0 amide bonds. The molecule has 98 valence electrons. The average Bonchev–Trinajstić information content (AvgIpc) is 2.98. The highest BCUT2D eigenvalue weighted by atomic mass is 35.5. The van der Waals surface area contributed by atoms with Crippen LogP contribution in [-0.4, -0.2) is 15.1 Å². The molecule has 18 heavy (non-hydrogen) atoms. The van der Waals surface area contributed by atoms with E-state index in [1.807, 2.05) is 6.07 Å². The van der Waals surface area contributed by atoms with Crippen LogP contribution in [0.25, 0.3) is 0 Å². The minimum atomic E-state index is 0.550. The molecule has 2 N–H and O–H groups in total. The van der Waals surface area contributed by atoms with E-state index in [0.717, 1.165) is 36.5 Å². The molecule has 0 unspecified atom stereocenters. The number of halogens is 1. The smallest absolute Gasteiger partial charge is 0.151 e. The SMILES string of the molecule is CCCCc1nc(Cl)c(CNCc2ccon2)[nH]1. The zero-order valence-electron chi connectivity index (χ0n) is 10.4. The van der Waals surface area contributed by atoms with Gasteiger partial charge in [0.2, 0.25) is 0 Å². The molecule has 5 nitrogen and oxygen atoms in total. The fourth-order valence-electron chi connectivity index (χ4n) is 1.66. The van der Waals surface area contributed by atoms with E-state index in [9.17, 15) is 0 Å². The van der Waals surface area contributed by atoms with Crippen LogP contribution in [0.4, 0.5) is 0 Å². The second-order valence-electron chi connectivity index (χ2n) is 4.15. The first-order chi connectivity index (χ1) is 8.79. The van der Waals surface area contributed by atoms with Gasteiger partial charge in [-0.05, 0) is 6.42 Å². The average molecular weight is 269 g/mol. The Hall–Kier alpha value is -1.33. The maximum Gasteiger partial charge on any atom is 0.151 e. The number of H-pyrrole nitrogens is 1. The third-order valence-corrected chi connectivity index (χ3v) is 2.96. The van der Waals surface area contributed by atoms with Gasteiger partial charge in [0.25, 0.3) is 0 Å². The summed E-state index contributed by atoms with van der Waals surface area (Å²) >= 11 is 6.07. The highest BCUT2D eigenvalue weighted by Crippen LogP contribution is 2.14. The highest BCUT2D eigenvalue weighted by Gasteiger charge is 2.07. The van der Waals surface area contributed by atoms with E-state index in [2.05, 4.69) is 27.4 Å². The number of hydrogen-bond acceptors (Lipinski definition) is 4. The molecule has 0 saturated heterocycles. The maximum atomic E-state index is 6.07. The van der Waals surface area contributed by atoms with Gasteiger partial charge >= 0.3 is 0 Å². The van der Waals surface area contributed by atoms with Crippen molar-refractivity contribution in [3.05, 3.63) is 34.7 Å². The molecule has 2 aromatic heterocycles. The van der Waals surface area contributed by atoms with Crippen molar-refractivity contribution in [2.45, 2.75) is 39.3 Å². The van der Waals surface area contributed by atoms with Crippen LogP contribution in [0, 0.1) is 0 Å². The number of aromatic amines is 1. The molecule has 2 aromatic rings. The van der Waals surface area contributed by atoms with E-state index in [1.54, 1.807) is 6.26 Å². The minimum absolute atomic E-state index is 0.550. The number of rotatable bonds is 7. The lowest BCUT2D eigenvalue weighted by Gasteiger charge is -2.00. The summed E-state index contributed by atoms with van der Waals surface area (Å²) in [6.45, 7) is 3.45. The van der Waals surface area contributed by atoms with Gasteiger partial charge in [0, 0.05) is 25.6 Å². The van der Waals surface area contributed by atoms with Gasteiger partial charge in [-0.15, -0.1) is 0 Å². The van der Waals surface area contributed by atoms with E-state index < -0.39 is 0 Å². The van der Waals surface area contributed by atoms with Gasteiger partial charge < -0.3 is 14.8 Å². The zero-order valence-corrected chi connectivity index (χ0v) is 11.1. The first kappa shape index (κ1) is 13.1. The van der Waals surface area contributed by atoms with Crippen molar-refractivity contribution in [3.8, 4) is 0 Å². The van der Waals surface area contributed by atoms with Gasteiger partial charge in [-0.3, -0.25) is 0 Å². The normalized spacial score (nSPS) is 11.0. The molecule has 2 rings (SSSR count). The van der Waals surface area contributed by atoms with E-state index in [4.69, 9.17) is 16.1 Å². The predicted molar refractivity (Wildman–Crippen MR) is 69.3 cm³/mol. The largest absolute Gasteiger partial charge is 0.364 e. The van der Waals surface area contributed by atoms with Gasteiger partial charge in [0.1, 0.15) is 12.1 Å². The first-order valence-corrected chi connectivity index (χ1v) is 6.50. The summed E-state index contributed by atoms with van der Waals surface area (Å²) in [6.07, 6.45) is 4.77. The molecular weight excluding hydrogens is 252 g/mol.